The molecule has 74 valence electrons. The van der Waals surface area contributed by atoms with Crippen molar-refractivity contribution < 1.29 is 21.2 Å². The zero-order valence-electron chi connectivity index (χ0n) is 8.70. The van der Waals surface area contributed by atoms with Crippen molar-refractivity contribution in [1.29, 1.82) is 0 Å². The van der Waals surface area contributed by atoms with E-state index in [1.165, 1.54) is 36.7 Å². The van der Waals surface area contributed by atoms with Crippen molar-refractivity contribution in [3.8, 4) is 0 Å². The summed E-state index contributed by atoms with van der Waals surface area (Å²) in [6.45, 7) is 8.12. The van der Waals surface area contributed by atoms with Gasteiger partial charge >= 0.3 is 0 Å². The molecule has 0 aromatic rings. The highest BCUT2D eigenvalue weighted by molar-refractivity contribution is 4.47. The van der Waals surface area contributed by atoms with E-state index >= 15 is 0 Å². The minimum atomic E-state index is 0.428. The summed E-state index contributed by atoms with van der Waals surface area (Å²) < 4.78 is 2.23. The van der Waals surface area contributed by atoms with Crippen LogP contribution < -0.4 is 26.5 Å². The largest absolute Gasteiger partial charge is 0.288 e. The first-order chi connectivity index (χ1) is 5.81. The fourth-order valence-electron chi connectivity index (χ4n) is 1.14. The lowest BCUT2D eigenvalue weighted by Crippen LogP contribution is -3.66. The third-order valence-corrected chi connectivity index (χ3v) is 4.48. The number of rotatable bonds is 8. The van der Waals surface area contributed by atoms with Gasteiger partial charge in [-0.3, -0.25) is 5.32 Å². The molecule has 1 N–H and O–H groups in total. The monoisotopic (exact) mass is 284 g/mol. The Kier molecular flexibility index (Phi) is 10.3. The normalized spacial score (nSPS) is 13.2. The van der Waals surface area contributed by atoms with E-state index in [1.807, 2.05) is 0 Å². The van der Waals surface area contributed by atoms with Crippen LogP contribution in [0.4, 0.5) is 0 Å². The molecule has 0 amide bonds. The fourth-order valence-corrected chi connectivity index (χ4v) is 3.08. The van der Waals surface area contributed by atoms with E-state index in [0.29, 0.717) is 21.2 Å². The highest BCUT2D eigenvalue weighted by atomic mass is 127. The maximum atomic E-state index is 3.59. The van der Waals surface area contributed by atoms with Gasteiger partial charge in [-0.05, 0) is 26.8 Å². The van der Waals surface area contributed by atoms with Crippen molar-refractivity contribution in [1.82, 2.24) is 5.32 Å². The summed E-state index contributed by atoms with van der Waals surface area (Å²) in [6.07, 6.45) is 5.52. The second-order valence-electron chi connectivity index (χ2n) is 3.05. The average Bonchev–Trinajstić information content (AvgIpc) is 2.05. The Morgan fingerprint density at radius 2 is 1.92 bits per heavy atom. The second-order valence-corrected chi connectivity index (χ2v) is 7.33. The van der Waals surface area contributed by atoms with Crippen molar-refractivity contribution in [2.45, 2.75) is 50.5 Å². The van der Waals surface area contributed by atoms with Crippen LogP contribution in [0.15, 0.2) is 0 Å². The molecule has 12 heavy (non-hydrogen) atoms. The number of hydrogen-bond acceptors (Lipinski definition) is 1. The summed E-state index contributed by atoms with van der Waals surface area (Å²) in [6, 6.07) is 0. The second kappa shape index (κ2) is 9.78. The quantitative estimate of drug-likeness (QED) is 0.277. The van der Waals surface area contributed by atoms with Gasteiger partial charge in [-0.15, -0.1) is 0 Å². The standard InChI is InChI=1S/C10H23IN/c1-4-6-7-8-9-12-10(3)11-5-2/h10,12H,4-9H2,1-3H3/q+1. The molecule has 0 rings (SSSR count). The molecular weight excluding hydrogens is 261 g/mol. The molecule has 0 saturated heterocycles. The zero-order chi connectivity index (χ0) is 9.23. The molecule has 0 bridgehead atoms. The Bertz CT molecular complexity index is 85.9. The van der Waals surface area contributed by atoms with Crippen LogP contribution in [-0.2, 0) is 0 Å². The zero-order valence-corrected chi connectivity index (χ0v) is 10.9. The Morgan fingerprint density at radius 3 is 2.50 bits per heavy atom. The minimum absolute atomic E-state index is 0.428. The van der Waals surface area contributed by atoms with Gasteiger partial charge in [0.2, 0.25) is 4.05 Å². The van der Waals surface area contributed by atoms with Crippen LogP contribution >= 0.6 is 0 Å². The first-order valence-electron chi connectivity index (χ1n) is 5.12. The van der Waals surface area contributed by atoms with Crippen molar-refractivity contribution in [3.05, 3.63) is 0 Å². The predicted octanol–water partition coefficient (Wildman–Crippen LogP) is -0.389. The molecule has 0 heterocycles. The molecule has 1 nitrogen and oxygen atoms in total. The van der Waals surface area contributed by atoms with Crippen LogP contribution in [0, 0.1) is 0 Å². The van der Waals surface area contributed by atoms with Gasteiger partial charge in [-0.1, -0.05) is 26.2 Å². The lowest BCUT2D eigenvalue weighted by atomic mass is 10.2. The molecule has 0 fully saturated rings. The average molecular weight is 284 g/mol. The number of alkyl halides is 2. The van der Waals surface area contributed by atoms with Gasteiger partial charge in [0.1, 0.15) is 4.43 Å². The van der Waals surface area contributed by atoms with Crippen molar-refractivity contribution >= 4 is 0 Å². The van der Waals surface area contributed by atoms with E-state index in [0.717, 1.165) is 4.05 Å². The topological polar surface area (TPSA) is 12.0 Å². The molecule has 0 saturated carbocycles. The Balaban J connectivity index is 2.97. The highest BCUT2D eigenvalue weighted by Crippen LogP contribution is 1.96. The van der Waals surface area contributed by atoms with Crippen LogP contribution in [-0.4, -0.2) is 15.0 Å². The number of hydrogen-bond donors (Lipinski definition) is 1. The molecule has 0 spiro atoms. The predicted molar refractivity (Wildman–Crippen MR) is 52.1 cm³/mol. The third-order valence-electron chi connectivity index (χ3n) is 1.84. The lowest BCUT2D eigenvalue weighted by Gasteiger charge is -2.02. The highest BCUT2D eigenvalue weighted by Gasteiger charge is 2.12. The summed E-state index contributed by atoms with van der Waals surface area (Å²) in [7, 11) is 0. The van der Waals surface area contributed by atoms with Gasteiger partial charge in [0.15, 0.2) is 0 Å². The van der Waals surface area contributed by atoms with Crippen molar-refractivity contribution in [3.63, 3.8) is 0 Å². The van der Waals surface area contributed by atoms with E-state index < -0.39 is 0 Å². The molecular formula is C10H23IN+. The molecule has 1 unspecified atom stereocenters. The summed E-state index contributed by atoms with van der Waals surface area (Å²) in [4.78, 5) is 0. The lowest BCUT2D eigenvalue weighted by molar-refractivity contribution is -0.688. The summed E-state index contributed by atoms with van der Waals surface area (Å²) >= 11 is 0.428. The summed E-state index contributed by atoms with van der Waals surface area (Å²) in [5, 5.41) is 3.59. The molecule has 0 aromatic heterocycles. The van der Waals surface area contributed by atoms with Crippen LogP contribution in [0.3, 0.4) is 0 Å². The fraction of sp³-hybridized carbons (Fsp3) is 1.00. The van der Waals surface area contributed by atoms with Crippen LogP contribution in [0.25, 0.3) is 0 Å². The van der Waals surface area contributed by atoms with Crippen molar-refractivity contribution in [2.75, 3.05) is 11.0 Å². The number of halogens is 1. The van der Waals surface area contributed by atoms with Gasteiger partial charge in [0.25, 0.3) is 21.2 Å². The SMILES string of the molecule is CCCCCCNC(C)[I+]CC. The van der Waals surface area contributed by atoms with Crippen LogP contribution in [0.1, 0.15) is 46.5 Å². The molecule has 2 heteroatoms. The van der Waals surface area contributed by atoms with Crippen molar-refractivity contribution in [2.24, 2.45) is 0 Å². The summed E-state index contributed by atoms with van der Waals surface area (Å²) in [5.74, 6) is 0. The Morgan fingerprint density at radius 1 is 1.17 bits per heavy atom. The Labute approximate surface area is 88.0 Å². The first kappa shape index (κ1) is 12.7. The third kappa shape index (κ3) is 8.78. The van der Waals surface area contributed by atoms with E-state index in [-0.39, 0.29) is 0 Å². The number of nitrogens with one attached hydrogen (secondary N) is 1. The molecule has 0 aliphatic rings. The molecule has 0 aromatic carbocycles. The molecule has 1 atom stereocenters. The van der Waals surface area contributed by atoms with E-state index in [9.17, 15) is 0 Å². The molecule has 0 aliphatic heterocycles. The smallest absolute Gasteiger partial charge is 0.274 e. The van der Waals surface area contributed by atoms with E-state index in [1.54, 1.807) is 0 Å². The maximum absolute atomic E-state index is 3.59. The molecule has 0 radical (unpaired) electrons. The minimum Gasteiger partial charge on any atom is -0.274 e. The van der Waals surface area contributed by atoms with Gasteiger partial charge in [-0.2, -0.15) is 0 Å². The summed E-state index contributed by atoms with van der Waals surface area (Å²) in [5.41, 5.74) is 0. The number of unbranched alkanes of at least 4 members (excludes halogenated alkanes) is 3. The van der Waals surface area contributed by atoms with Crippen LogP contribution in [0.5, 0.6) is 0 Å². The van der Waals surface area contributed by atoms with E-state index in [2.05, 4.69) is 26.1 Å². The van der Waals surface area contributed by atoms with Crippen LogP contribution in [0.2, 0.25) is 0 Å². The van der Waals surface area contributed by atoms with E-state index in [4.69, 9.17) is 0 Å². The van der Waals surface area contributed by atoms with Gasteiger partial charge < -0.3 is 0 Å². The molecule has 0 aliphatic carbocycles. The van der Waals surface area contributed by atoms with Gasteiger partial charge in [0.05, 0.1) is 0 Å². The Hall–Kier alpha value is 0.690. The van der Waals surface area contributed by atoms with Gasteiger partial charge in [-0.25, -0.2) is 0 Å². The van der Waals surface area contributed by atoms with Gasteiger partial charge in [0, 0.05) is 0 Å². The maximum Gasteiger partial charge on any atom is 0.288 e. The first-order valence-corrected chi connectivity index (χ1v) is 7.89.